The van der Waals surface area contributed by atoms with E-state index in [4.69, 9.17) is 14.0 Å². The summed E-state index contributed by atoms with van der Waals surface area (Å²) in [7, 11) is 1.13. The third-order valence-electron chi connectivity index (χ3n) is 5.61. The zero-order valence-electron chi connectivity index (χ0n) is 14.6. The number of carbonyl (C=O) groups excluding carboxylic acids is 1. The molecule has 0 atom stereocenters. The van der Waals surface area contributed by atoms with Crippen molar-refractivity contribution in [2.75, 3.05) is 7.11 Å². The van der Waals surface area contributed by atoms with Crippen molar-refractivity contribution in [1.82, 2.24) is 0 Å². The summed E-state index contributed by atoms with van der Waals surface area (Å²) in [6.45, 7) is 8.23. The Bertz CT molecular complexity index is 572. The normalized spacial score (nSPS) is 28.3. The summed E-state index contributed by atoms with van der Waals surface area (Å²) in [6.07, 6.45) is 1.75. The van der Waals surface area contributed by atoms with E-state index in [9.17, 15) is 4.79 Å². The fraction of sp³-hybridized carbons (Fsp3) is 0.611. The van der Waals surface area contributed by atoms with Crippen molar-refractivity contribution in [3.63, 3.8) is 0 Å². The van der Waals surface area contributed by atoms with E-state index in [2.05, 4.69) is 52.0 Å². The van der Waals surface area contributed by atoms with Gasteiger partial charge in [0.15, 0.2) is 0 Å². The summed E-state index contributed by atoms with van der Waals surface area (Å²) < 4.78 is 16.9. The van der Waals surface area contributed by atoms with Crippen LogP contribution in [0.2, 0.25) is 0 Å². The standard InChI is InChI=1S/C18H25BO4/c1-17(2)18(3,4)23-19(22-17)15-8-6-12(7-9-15)13-10-14(11-13)16(20)21-5/h6-9,13-14H,10-11H2,1-5H3. The summed E-state index contributed by atoms with van der Waals surface area (Å²) in [5.74, 6) is 0.425. The Labute approximate surface area is 138 Å². The molecular weight excluding hydrogens is 291 g/mol. The minimum Gasteiger partial charge on any atom is -0.469 e. The first kappa shape index (κ1) is 16.5. The number of hydrogen-bond donors (Lipinski definition) is 0. The highest BCUT2D eigenvalue weighted by molar-refractivity contribution is 6.62. The zero-order valence-corrected chi connectivity index (χ0v) is 14.6. The van der Waals surface area contributed by atoms with Crippen LogP contribution in [0.5, 0.6) is 0 Å². The van der Waals surface area contributed by atoms with Gasteiger partial charge in [-0.2, -0.15) is 0 Å². The monoisotopic (exact) mass is 316 g/mol. The summed E-state index contributed by atoms with van der Waals surface area (Å²) in [5, 5.41) is 0. The van der Waals surface area contributed by atoms with Crippen LogP contribution in [0.4, 0.5) is 0 Å². The maximum absolute atomic E-state index is 11.5. The molecule has 1 heterocycles. The number of methoxy groups -OCH3 is 1. The Morgan fingerprint density at radius 1 is 1.09 bits per heavy atom. The fourth-order valence-corrected chi connectivity index (χ4v) is 3.15. The molecule has 1 saturated heterocycles. The highest BCUT2D eigenvalue weighted by Crippen LogP contribution is 2.42. The third-order valence-corrected chi connectivity index (χ3v) is 5.61. The van der Waals surface area contributed by atoms with Crippen molar-refractivity contribution in [3.05, 3.63) is 29.8 Å². The molecule has 1 aliphatic heterocycles. The van der Waals surface area contributed by atoms with E-state index in [0.717, 1.165) is 18.3 Å². The molecule has 0 aromatic heterocycles. The smallest absolute Gasteiger partial charge is 0.469 e. The van der Waals surface area contributed by atoms with E-state index in [1.165, 1.54) is 12.7 Å². The number of esters is 1. The van der Waals surface area contributed by atoms with Crippen LogP contribution in [0.1, 0.15) is 52.0 Å². The number of carbonyl (C=O) groups is 1. The van der Waals surface area contributed by atoms with Gasteiger partial charge in [0.25, 0.3) is 0 Å². The van der Waals surface area contributed by atoms with Crippen LogP contribution in [0.3, 0.4) is 0 Å². The maximum atomic E-state index is 11.5. The lowest BCUT2D eigenvalue weighted by Gasteiger charge is -2.33. The van der Waals surface area contributed by atoms with Gasteiger partial charge in [-0.15, -0.1) is 0 Å². The van der Waals surface area contributed by atoms with Gasteiger partial charge in [-0.25, -0.2) is 0 Å². The van der Waals surface area contributed by atoms with Crippen LogP contribution in [0, 0.1) is 5.92 Å². The molecule has 1 aromatic rings. The van der Waals surface area contributed by atoms with Crippen LogP contribution in [-0.4, -0.2) is 31.4 Å². The van der Waals surface area contributed by atoms with Crippen molar-refractivity contribution < 1.29 is 18.8 Å². The van der Waals surface area contributed by atoms with Gasteiger partial charge in [-0.05, 0) is 57.5 Å². The first-order chi connectivity index (χ1) is 10.7. The number of hydrogen-bond acceptors (Lipinski definition) is 4. The Morgan fingerprint density at radius 2 is 1.61 bits per heavy atom. The number of ether oxygens (including phenoxy) is 1. The largest absolute Gasteiger partial charge is 0.494 e. The second kappa shape index (κ2) is 5.64. The van der Waals surface area contributed by atoms with E-state index < -0.39 is 0 Å². The predicted octanol–water partition coefficient (Wildman–Crippen LogP) is 2.65. The quantitative estimate of drug-likeness (QED) is 0.635. The lowest BCUT2D eigenvalue weighted by Crippen LogP contribution is -2.41. The average molecular weight is 316 g/mol. The van der Waals surface area contributed by atoms with E-state index >= 15 is 0 Å². The molecule has 1 aliphatic carbocycles. The average Bonchev–Trinajstić information content (AvgIpc) is 2.66. The minimum absolute atomic E-state index is 0.0628. The number of rotatable bonds is 3. The minimum atomic E-state index is -0.321. The molecular formula is C18H25BO4. The molecule has 0 bridgehead atoms. The van der Waals surface area contributed by atoms with Crippen LogP contribution in [0.15, 0.2) is 24.3 Å². The zero-order chi connectivity index (χ0) is 16.8. The Kier molecular flexibility index (Phi) is 4.05. The summed E-state index contributed by atoms with van der Waals surface area (Å²) in [4.78, 5) is 11.5. The SMILES string of the molecule is COC(=O)C1CC(c2ccc(B3OC(C)(C)C(C)(C)O3)cc2)C1. The fourth-order valence-electron chi connectivity index (χ4n) is 3.15. The lowest BCUT2D eigenvalue weighted by molar-refractivity contribution is -0.148. The second-order valence-corrected chi connectivity index (χ2v) is 7.64. The summed E-state index contributed by atoms with van der Waals surface area (Å²) in [6, 6.07) is 8.39. The van der Waals surface area contributed by atoms with Crippen molar-refractivity contribution in [1.29, 1.82) is 0 Å². The first-order valence-electron chi connectivity index (χ1n) is 8.27. The molecule has 0 radical (unpaired) electrons. The molecule has 2 aliphatic rings. The molecule has 23 heavy (non-hydrogen) atoms. The molecule has 4 nitrogen and oxygen atoms in total. The Balaban J connectivity index is 1.64. The lowest BCUT2D eigenvalue weighted by atomic mass is 9.70. The molecule has 3 rings (SSSR count). The number of benzene rings is 1. The van der Waals surface area contributed by atoms with Crippen LogP contribution >= 0.6 is 0 Å². The van der Waals surface area contributed by atoms with E-state index in [1.54, 1.807) is 0 Å². The van der Waals surface area contributed by atoms with E-state index in [-0.39, 0.29) is 30.2 Å². The molecule has 1 aromatic carbocycles. The predicted molar refractivity (Wildman–Crippen MR) is 89.6 cm³/mol. The Morgan fingerprint density at radius 3 is 2.09 bits per heavy atom. The molecule has 0 spiro atoms. The summed E-state index contributed by atoms with van der Waals surface area (Å²) >= 11 is 0. The van der Waals surface area contributed by atoms with Gasteiger partial charge in [0.2, 0.25) is 0 Å². The van der Waals surface area contributed by atoms with Crippen molar-refractivity contribution in [2.45, 2.75) is 57.7 Å². The van der Waals surface area contributed by atoms with Crippen molar-refractivity contribution in [3.8, 4) is 0 Å². The highest BCUT2D eigenvalue weighted by Gasteiger charge is 2.51. The first-order valence-corrected chi connectivity index (χ1v) is 8.27. The summed E-state index contributed by atoms with van der Waals surface area (Å²) in [5.41, 5.74) is 1.66. The van der Waals surface area contributed by atoms with Gasteiger partial charge in [-0.1, -0.05) is 24.3 Å². The molecule has 5 heteroatoms. The maximum Gasteiger partial charge on any atom is 0.494 e. The highest BCUT2D eigenvalue weighted by atomic mass is 16.7. The van der Waals surface area contributed by atoms with Crippen molar-refractivity contribution >= 4 is 18.6 Å². The molecule has 2 fully saturated rings. The van der Waals surface area contributed by atoms with Crippen LogP contribution in [-0.2, 0) is 18.8 Å². The second-order valence-electron chi connectivity index (χ2n) is 7.64. The van der Waals surface area contributed by atoms with Crippen molar-refractivity contribution in [2.24, 2.45) is 5.92 Å². The van der Waals surface area contributed by atoms with Gasteiger partial charge in [-0.3, -0.25) is 4.79 Å². The van der Waals surface area contributed by atoms with Crippen LogP contribution < -0.4 is 5.46 Å². The third kappa shape index (κ3) is 2.92. The van der Waals surface area contributed by atoms with Crippen LogP contribution in [0.25, 0.3) is 0 Å². The molecule has 1 saturated carbocycles. The molecule has 124 valence electrons. The topological polar surface area (TPSA) is 44.8 Å². The Hall–Kier alpha value is -1.33. The molecule has 0 N–H and O–H groups in total. The van der Waals surface area contributed by atoms with Gasteiger partial charge < -0.3 is 14.0 Å². The van der Waals surface area contributed by atoms with Gasteiger partial charge >= 0.3 is 13.1 Å². The van der Waals surface area contributed by atoms with E-state index in [0.29, 0.717) is 5.92 Å². The van der Waals surface area contributed by atoms with E-state index in [1.807, 2.05) is 0 Å². The van der Waals surface area contributed by atoms with Gasteiger partial charge in [0.1, 0.15) is 0 Å². The van der Waals surface area contributed by atoms with Gasteiger partial charge in [0.05, 0.1) is 24.2 Å². The molecule has 0 unspecified atom stereocenters. The molecule has 0 amide bonds. The van der Waals surface area contributed by atoms with Gasteiger partial charge in [0, 0.05) is 0 Å².